The number of rotatable bonds is 5. The van der Waals surface area contributed by atoms with E-state index in [9.17, 15) is 17.6 Å². The fourth-order valence-electron chi connectivity index (χ4n) is 3.70. The van der Waals surface area contributed by atoms with Gasteiger partial charge in [0, 0.05) is 36.7 Å². The molecule has 1 N–H and O–H groups in total. The molecule has 4 rings (SSSR count). The van der Waals surface area contributed by atoms with Gasteiger partial charge in [0.15, 0.2) is 0 Å². The van der Waals surface area contributed by atoms with Gasteiger partial charge in [0.25, 0.3) is 5.56 Å². The smallest absolute Gasteiger partial charge is 0.253 e. The number of pyridine rings is 1. The molecule has 0 saturated heterocycles. The van der Waals surface area contributed by atoms with Crippen molar-refractivity contribution < 1.29 is 17.5 Å². The highest BCUT2D eigenvalue weighted by Gasteiger charge is 2.30. The first-order valence-corrected chi connectivity index (χ1v) is 11.4. The minimum atomic E-state index is -3.92. The molecule has 7 nitrogen and oxygen atoms in total. The van der Waals surface area contributed by atoms with Crippen molar-refractivity contribution in [3.63, 3.8) is 0 Å². The zero-order chi connectivity index (χ0) is 22.3. The summed E-state index contributed by atoms with van der Waals surface area (Å²) in [6.45, 7) is 4.55. The number of nitrogens with zero attached hydrogens (tertiary/aromatic N) is 2. The molecule has 1 aliphatic rings. The molecule has 31 heavy (non-hydrogen) atoms. The Morgan fingerprint density at radius 3 is 2.74 bits per heavy atom. The van der Waals surface area contributed by atoms with Crippen LogP contribution >= 0.6 is 0 Å². The summed E-state index contributed by atoms with van der Waals surface area (Å²) in [6, 6.07) is 10.4. The van der Waals surface area contributed by atoms with Crippen LogP contribution in [0.3, 0.4) is 0 Å². The number of hydrogen-bond acceptors (Lipinski definition) is 5. The summed E-state index contributed by atoms with van der Waals surface area (Å²) < 4.78 is 47.8. The van der Waals surface area contributed by atoms with Crippen LogP contribution in [0.15, 0.2) is 52.2 Å². The molecule has 1 aliphatic heterocycles. The topological polar surface area (TPSA) is 82.7 Å². The summed E-state index contributed by atoms with van der Waals surface area (Å²) >= 11 is 0. The molecule has 0 spiro atoms. The molecule has 0 fully saturated rings. The second-order valence-electron chi connectivity index (χ2n) is 7.87. The SMILES string of the molecule is CC(C)N(Cc1cc2cccc(F)c2[nH]c1=O)S(=O)(=O)c1ccc2c(c1)OCCN2C. The van der Waals surface area contributed by atoms with Crippen molar-refractivity contribution in [3.05, 3.63) is 64.2 Å². The summed E-state index contributed by atoms with van der Waals surface area (Å²) in [4.78, 5) is 17.2. The molecule has 0 radical (unpaired) electrons. The quantitative estimate of drug-likeness (QED) is 0.653. The maximum Gasteiger partial charge on any atom is 0.253 e. The Labute approximate surface area is 180 Å². The Morgan fingerprint density at radius 2 is 2.00 bits per heavy atom. The van der Waals surface area contributed by atoms with E-state index in [0.717, 1.165) is 12.2 Å². The molecule has 3 aromatic rings. The Kier molecular flexibility index (Phi) is 5.49. The number of sulfonamides is 1. The second kappa shape index (κ2) is 7.97. The van der Waals surface area contributed by atoms with Crippen LogP contribution in [0, 0.1) is 5.82 Å². The maximum atomic E-state index is 14.0. The number of hydrogen-bond donors (Lipinski definition) is 1. The van der Waals surface area contributed by atoms with Gasteiger partial charge < -0.3 is 14.6 Å². The molecule has 0 atom stereocenters. The normalized spacial score (nSPS) is 14.2. The minimum absolute atomic E-state index is 0.0958. The van der Waals surface area contributed by atoms with E-state index in [1.54, 1.807) is 38.1 Å². The Morgan fingerprint density at radius 1 is 1.23 bits per heavy atom. The Hall–Kier alpha value is -2.91. The Bertz CT molecular complexity index is 1300. The first-order chi connectivity index (χ1) is 14.7. The van der Waals surface area contributed by atoms with E-state index in [4.69, 9.17) is 4.74 Å². The zero-order valence-corrected chi connectivity index (χ0v) is 18.4. The van der Waals surface area contributed by atoms with Crippen LogP contribution in [0.1, 0.15) is 19.4 Å². The lowest BCUT2D eigenvalue weighted by Gasteiger charge is -2.29. The molecule has 1 aromatic heterocycles. The van der Waals surface area contributed by atoms with Crippen molar-refractivity contribution >= 4 is 26.6 Å². The molecule has 2 heterocycles. The fraction of sp³-hybridized carbons (Fsp3) is 0.318. The summed E-state index contributed by atoms with van der Waals surface area (Å²) in [5, 5.41) is 0.501. The van der Waals surface area contributed by atoms with Crippen LogP contribution in [0.4, 0.5) is 10.1 Å². The van der Waals surface area contributed by atoms with Crippen molar-refractivity contribution in [2.75, 3.05) is 25.1 Å². The lowest BCUT2D eigenvalue weighted by molar-refractivity contribution is 0.309. The van der Waals surface area contributed by atoms with Crippen molar-refractivity contribution in [1.29, 1.82) is 0 Å². The third-order valence-electron chi connectivity index (χ3n) is 5.44. The van der Waals surface area contributed by atoms with Crippen LogP contribution in [-0.2, 0) is 16.6 Å². The van der Waals surface area contributed by atoms with Gasteiger partial charge >= 0.3 is 0 Å². The van der Waals surface area contributed by atoms with E-state index in [-0.39, 0.29) is 22.5 Å². The highest BCUT2D eigenvalue weighted by Crippen LogP contribution is 2.34. The lowest BCUT2D eigenvalue weighted by Crippen LogP contribution is -2.38. The van der Waals surface area contributed by atoms with Gasteiger partial charge in [0.05, 0.1) is 22.6 Å². The number of anilines is 1. The number of H-pyrrole nitrogens is 1. The van der Waals surface area contributed by atoms with Gasteiger partial charge in [-0.3, -0.25) is 4.79 Å². The number of halogens is 1. The average molecular weight is 446 g/mol. The number of fused-ring (bicyclic) bond motifs is 2. The predicted octanol–water partition coefficient (Wildman–Crippen LogP) is 3.10. The van der Waals surface area contributed by atoms with E-state index in [1.807, 2.05) is 11.9 Å². The van der Waals surface area contributed by atoms with Crippen LogP contribution in [0.25, 0.3) is 10.9 Å². The third kappa shape index (κ3) is 3.90. The number of para-hydroxylation sites is 1. The highest BCUT2D eigenvalue weighted by atomic mass is 32.2. The van der Waals surface area contributed by atoms with Crippen LogP contribution in [-0.4, -0.2) is 43.9 Å². The fourth-order valence-corrected chi connectivity index (χ4v) is 5.34. The zero-order valence-electron chi connectivity index (χ0n) is 17.6. The number of ether oxygens (including phenoxy) is 1. The summed E-state index contributed by atoms with van der Waals surface area (Å²) in [5.41, 5.74) is 0.652. The van der Waals surface area contributed by atoms with E-state index < -0.39 is 27.4 Å². The predicted molar refractivity (Wildman–Crippen MR) is 118 cm³/mol. The van der Waals surface area contributed by atoms with Gasteiger partial charge in [0.2, 0.25) is 10.0 Å². The molecule has 164 valence electrons. The molecular weight excluding hydrogens is 421 g/mol. The van der Waals surface area contributed by atoms with Gasteiger partial charge in [0.1, 0.15) is 18.2 Å². The van der Waals surface area contributed by atoms with Crippen molar-refractivity contribution in [2.24, 2.45) is 0 Å². The summed E-state index contributed by atoms with van der Waals surface area (Å²) in [7, 11) is -2.00. The monoisotopic (exact) mass is 445 g/mol. The molecular formula is C22H24FN3O4S. The highest BCUT2D eigenvalue weighted by molar-refractivity contribution is 7.89. The van der Waals surface area contributed by atoms with E-state index >= 15 is 0 Å². The lowest BCUT2D eigenvalue weighted by atomic mass is 10.1. The number of nitrogens with one attached hydrogen (secondary N) is 1. The second-order valence-corrected chi connectivity index (χ2v) is 9.76. The van der Waals surface area contributed by atoms with E-state index in [0.29, 0.717) is 17.7 Å². The largest absolute Gasteiger partial charge is 0.490 e. The van der Waals surface area contributed by atoms with Crippen molar-refractivity contribution in [3.8, 4) is 5.75 Å². The number of aromatic amines is 1. The number of likely N-dealkylation sites (N-methyl/N-ethyl adjacent to an activating group) is 1. The molecule has 2 aromatic carbocycles. The van der Waals surface area contributed by atoms with Gasteiger partial charge in [-0.05, 0) is 38.1 Å². The molecule has 0 amide bonds. The van der Waals surface area contributed by atoms with Crippen LogP contribution in [0.2, 0.25) is 0 Å². The first kappa shape index (κ1) is 21.3. The summed E-state index contributed by atoms with van der Waals surface area (Å²) in [5.74, 6) is -0.0222. The first-order valence-electron chi connectivity index (χ1n) is 9.99. The third-order valence-corrected chi connectivity index (χ3v) is 7.46. The van der Waals surface area contributed by atoms with E-state index in [1.165, 1.54) is 22.5 Å². The average Bonchev–Trinajstić information content (AvgIpc) is 2.72. The van der Waals surface area contributed by atoms with Crippen LogP contribution < -0.4 is 15.2 Å². The Balaban J connectivity index is 1.73. The minimum Gasteiger partial charge on any atom is -0.490 e. The van der Waals surface area contributed by atoms with Gasteiger partial charge in [-0.25, -0.2) is 12.8 Å². The molecule has 0 unspecified atom stereocenters. The van der Waals surface area contributed by atoms with Crippen molar-refractivity contribution in [1.82, 2.24) is 9.29 Å². The van der Waals surface area contributed by atoms with E-state index in [2.05, 4.69) is 4.98 Å². The standard InChI is InChI=1S/C22H24FN3O4S/c1-14(2)26(13-16-11-15-5-4-6-18(23)21(15)24-22(16)27)31(28,29)17-7-8-19-20(12-17)30-10-9-25(19)3/h4-8,11-12,14H,9-10,13H2,1-3H3,(H,24,27). The van der Waals surface area contributed by atoms with Gasteiger partial charge in [-0.1, -0.05) is 12.1 Å². The van der Waals surface area contributed by atoms with Crippen LogP contribution in [0.5, 0.6) is 5.75 Å². The van der Waals surface area contributed by atoms with Crippen molar-refractivity contribution in [2.45, 2.75) is 31.3 Å². The maximum absolute atomic E-state index is 14.0. The van der Waals surface area contributed by atoms with Gasteiger partial charge in [-0.2, -0.15) is 4.31 Å². The summed E-state index contributed by atoms with van der Waals surface area (Å²) in [6.07, 6.45) is 0. The molecule has 0 saturated carbocycles. The number of aromatic nitrogens is 1. The van der Waals surface area contributed by atoms with Gasteiger partial charge in [-0.15, -0.1) is 0 Å². The molecule has 9 heteroatoms. The number of benzene rings is 2. The molecule has 0 aliphatic carbocycles. The molecule has 0 bridgehead atoms.